The molecule has 0 saturated carbocycles. The SMILES string of the molecule is NS(N)(=O)=O.O=P(O)(O)O. The summed E-state index contributed by atoms with van der Waals surface area (Å²) in [7, 11) is -8.31. The number of rotatable bonds is 0. The molecule has 0 aromatic carbocycles. The van der Waals surface area contributed by atoms with Crippen LogP contribution in [-0.4, -0.2) is 23.1 Å². The Morgan fingerprint density at radius 2 is 1.10 bits per heavy atom. The van der Waals surface area contributed by atoms with Crippen molar-refractivity contribution in [1.29, 1.82) is 0 Å². The van der Waals surface area contributed by atoms with Crippen LogP contribution in [0, 0.1) is 0 Å². The van der Waals surface area contributed by atoms with Crippen molar-refractivity contribution in [2.75, 3.05) is 0 Å². The lowest BCUT2D eigenvalue weighted by atomic mass is 13.9. The molecule has 0 aromatic heterocycles. The van der Waals surface area contributed by atoms with Crippen LogP contribution in [0.1, 0.15) is 0 Å². The maximum Gasteiger partial charge on any atom is 0.466 e. The molecule has 64 valence electrons. The summed E-state index contributed by atoms with van der Waals surface area (Å²) in [6.07, 6.45) is 0. The summed E-state index contributed by atoms with van der Waals surface area (Å²) in [6.45, 7) is 0. The highest BCUT2D eigenvalue weighted by Gasteiger charge is 2.00. The minimum absolute atomic E-state index is 3.67. The summed E-state index contributed by atoms with van der Waals surface area (Å²) in [5.74, 6) is 0. The molecule has 0 amide bonds. The second-order valence-electron chi connectivity index (χ2n) is 1.10. The molecular weight excluding hydrogens is 187 g/mol. The van der Waals surface area contributed by atoms with Crippen molar-refractivity contribution in [3.63, 3.8) is 0 Å². The monoisotopic (exact) mass is 194 g/mol. The highest BCUT2D eigenvalue weighted by atomic mass is 32.2. The Hall–Kier alpha value is -0.0200. The molecule has 0 aliphatic carbocycles. The van der Waals surface area contributed by atoms with Gasteiger partial charge in [0.1, 0.15) is 0 Å². The number of hydrogen-bond donors (Lipinski definition) is 5. The van der Waals surface area contributed by atoms with Crippen molar-refractivity contribution in [3.05, 3.63) is 0 Å². The number of hydrogen-bond acceptors (Lipinski definition) is 3. The molecule has 7 N–H and O–H groups in total. The maximum absolute atomic E-state index is 9.19. The van der Waals surface area contributed by atoms with Gasteiger partial charge in [-0.3, -0.25) is 0 Å². The molecule has 0 rings (SSSR count). The van der Waals surface area contributed by atoms with Gasteiger partial charge in [-0.15, -0.1) is 0 Å². The average molecular weight is 194 g/mol. The summed E-state index contributed by atoms with van der Waals surface area (Å²) >= 11 is 0. The van der Waals surface area contributed by atoms with Crippen LogP contribution in [-0.2, 0) is 14.8 Å². The minimum Gasteiger partial charge on any atom is -0.303 e. The summed E-state index contributed by atoms with van der Waals surface area (Å²) in [5, 5.41) is 8.21. The molecule has 10 heavy (non-hydrogen) atoms. The van der Waals surface area contributed by atoms with E-state index in [2.05, 4.69) is 10.3 Å². The van der Waals surface area contributed by atoms with Gasteiger partial charge in [-0.05, 0) is 0 Å². The van der Waals surface area contributed by atoms with Crippen molar-refractivity contribution in [1.82, 2.24) is 0 Å². The third-order valence-electron chi connectivity index (χ3n) is 0. The Morgan fingerprint density at radius 1 is 1.10 bits per heavy atom. The van der Waals surface area contributed by atoms with Crippen molar-refractivity contribution in [3.8, 4) is 0 Å². The fraction of sp³-hybridized carbons (Fsp3) is 0. The molecule has 0 fully saturated rings. The van der Waals surface area contributed by atoms with E-state index in [9.17, 15) is 8.42 Å². The first-order chi connectivity index (χ1) is 4.00. The van der Waals surface area contributed by atoms with Gasteiger partial charge >= 0.3 is 7.82 Å². The first kappa shape index (κ1) is 12.6. The number of phosphoric acid groups is 1. The van der Waals surface area contributed by atoms with E-state index in [0.29, 0.717) is 0 Å². The van der Waals surface area contributed by atoms with Gasteiger partial charge in [-0.25, -0.2) is 14.8 Å². The van der Waals surface area contributed by atoms with E-state index in [-0.39, 0.29) is 0 Å². The molecular formula is H7N2O6PS. The molecule has 0 aliphatic rings. The largest absolute Gasteiger partial charge is 0.466 e. The van der Waals surface area contributed by atoms with Gasteiger partial charge < -0.3 is 14.7 Å². The topological polar surface area (TPSA) is 164 Å². The zero-order valence-corrected chi connectivity index (χ0v) is 6.29. The Morgan fingerprint density at radius 3 is 1.10 bits per heavy atom. The Labute approximate surface area is 56.9 Å². The highest BCUT2D eigenvalue weighted by Crippen LogP contribution is 2.25. The molecule has 0 saturated heterocycles. The van der Waals surface area contributed by atoms with Gasteiger partial charge in [0.15, 0.2) is 0 Å². The first-order valence-electron chi connectivity index (χ1n) is 1.59. The van der Waals surface area contributed by atoms with E-state index in [1.165, 1.54) is 0 Å². The van der Waals surface area contributed by atoms with Crippen LogP contribution in [0.5, 0.6) is 0 Å². The smallest absolute Gasteiger partial charge is 0.303 e. The molecule has 8 nitrogen and oxygen atoms in total. The fourth-order valence-electron chi connectivity index (χ4n) is 0. The lowest BCUT2D eigenvalue weighted by Crippen LogP contribution is -2.21. The third kappa shape index (κ3) is 972000. The van der Waals surface area contributed by atoms with Crippen LogP contribution in [0.15, 0.2) is 0 Å². The lowest BCUT2D eigenvalue weighted by Gasteiger charge is -1.82. The minimum atomic E-state index is -4.64. The van der Waals surface area contributed by atoms with Gasteiger partial charge in [0.05, 0.1) is 0 Å². The molecule has 10 heteroatoms. The lowest BCUT2D eigenvalue weighted by molar-refractivity contribution is 0.275. The van der Waals surface area contributed by atoms with E-state index in [4.69, 9.17) is 19.2 Å². The molecule has 0 unspecified atom stereocenters. The Kier molecular flexibility index (Phi) is 5.04. The molecule has 0 heterocycles. The highest BCUT2D eigenvalue weighted by molar-refractivity contribution is 7.86. The predicted molar refractivity (Wildman–Crippen MR) is 31.6 cm³/mol. The first-order valence-corrected chi connectivity index (χ1v) is 4.76. The average Bonchev–Trinajstić information content (AvgIpc) is 1.12. The molecule has 0 atom stereocenters. The van der Waals surface area contributed by atoms with E-state index in [1.54, 1.807) is 0 Å². The molecule has 0 aliphatic heterocycles. The maximum atomic E-state index is 9.19. The van der Waals surface area contributed by atoms with Crippen LogP contribution >= 0.6 is 7.82 Å². The summed E-state index contributed by atoms with van der Waals surface area (Å²) in [4.78, 5) is 21.6. The molecule has 0 radical (unpaired) electrons. The van der Waals surface area contributed by atoms with Gasteiger partial charge in [-0.1, -0.05) is 0 Å². The van der Waals surface area contributed by atoms with Gasteiger partial charge in [0, 0.05) is 0 Å². The summed E-state index contributed by atoms with van der Waals surface area (Å²) < 4.78 is 27.3. The third-order valence-corrected chi connectivity index (χ3v) is 0. The van der Waals surface area contributed by atoms with Crippen molar-refractivity contribution in [2.24, 2.45) is 10.3 Å². The van der Waals surface area contributed by atoms with E-state index < -0.39 is 18.0 Å². The van der Waals surface area contributed by atoms with Crippen LogP contribution in [0.3, 0.4) is 0 Å². The molecule has 0 bridgehead atoms. The zero-order valence-electron chi connectivity index (χ0n) is 4.58. The van der Waals surface area contributed by atoms with Crippen LogP contribution in [0.2, 0.25) is 0 Å². The zero-order chi connectivity index (χ0) is 9.00. The predicted octanol–water partition coefficient (Wildman–Crippen LogP) is -2.78. The Balaban J connectivity index is 0. The Bertz CT molecular complexity index is 194. The van der Waals surface area contributed by atoms with Crippen LogP contribution < -0.4 is 10.3 Å². The standard InChI is InChI=1S/H4N2O2S.H3O4P/c2*1-5(2,3)4/h(H4,1,2,3,4);(H3,1,2,3,4). The van der Waals surface area contributed by atoms with Crippen LogP contribution in [0.25, 0.3) is 0 Å². The molecule has 0 spiro atoms. The van der Waals surface area contributed by atoms with Gasteiger partial charge in [-0.2, -0.15) is 8.42 Å². The van der Waals surface area contributed by atoms with E-state index >= 15 is 0 Å². The van der Waals surface area contributed by atoms with Crippen molar-refractivity contribution >= 4 is 18.0 Å². The number of nitrogens with two attached hydrogens (primary N) is 2. The van der Waals surface area contributed by atoms with Gasteiger partial charge in [0.25, 0.3) is 10.2 Å². The van der Waals surface area contributed by atoms with Gasteiger partial charge in [0.2, 0.25) is 0 Å². The second kappa shape index (κ2) is 3.98. The fourth-order valence-corrected chi connectivity index (χ4v) is 0. The van der Waals surface area contributed by atoms with Crippen molar-refractivity contribution < 1.29 is 27.7 Å². The quantitative estimate of drug-likeness (QED) is 0.262. The van der Waals surface area contributed by atoms with E-state index in [1.807, 2.05) is 0 Å². The summed E-state index contributed by atoms with van der Waals surface area (Å²) in [5.41, 5.74) is 0. The van der Waals surface area contributed by atoms with Crippen molar-refractivity contribution in [2.45, 2.75) is 0 Å². The molecule has 0 aromatic rings. The second-order valence-corrected chi connectivity index (χ2v) is 3.31. The normalized spacial score (nSPS) is 11.7. The summed E-state index contributed by atoms with van der Waals surface area (Å²) in [6, 6.07) is 0. The van der Waals surface area contributed by atoms with E-state index in [0.717, 1.165) is 0 Å². The van der Waals surface area contributed by atoms with Crippen LogP contribution in [0.4, 0.5) is 0 Å².